The van der Waals surface area contributed by atoms with Crippen molar-refractivity contribution in [1.29, 1.82) is 5.26 Å². The zero-order valence-electron chi connectivity index (χ0n) is 10.6. The third kappa shape index (κ3) is 2.91. The Balaban J connectivity index is 2.23. The molecule has 1 atom stereocenters. The molecule has 0 aromatic heterocycles. The molecule has 0 amide bonds. The van der Waals surface area contributed by atoms with E-state index in [1.807, 2.05) is 0 Å². The van der Waals surface area contributed by atoms with Gasteiger partial charge in [0.1, 0.15) is 23.5 Å². The van der Waals surface area contributed by atoms with Crippen LogP contribution in [0.5, 0.6) is 0 Å². The van der Waals surface area contributed by atoms with Gasteiger partial charge in [0.15, 0.2) is 0 Å². The number of anilines is 1. The Kier molecular flexibility index (Phi) is 3.94. The zero-order chi connectivity index (χ0) is 14.7. The summed E-state index contributed by atoms with van der Waals surface area (Å²) in [6.45, 7) is 1.69. The lowest BCUT2D eigenvalue weighted by molar-refractivity contribution is 0.566. The predicted octanol–water partition coefficient (Wildman–Crippen LogP) is 4.15. The van der Waals surface area contributed by atoms with Crippen LogP contribution in [0.25, 0.3) is 0 Å². The van der Waals surface area contributed by atoms with Gasteiger partial charge in [0.25, 0.3) is 0 Å². The molecule has 102 valence electrons. The molecule has 0 aliphatic heterocycles. The van der Waals surface area contributed by atoms with E-state index in [0.29, 0.717) is 5.69 Å². The van der Waals surface area contributed by atoms with Gasteiger partial charge in [-0.1, -0.05) is 6.07 Å². The molecule has 0 bridgehead atoms. The van der Waals surface area contributed by atoms with Crippen molar-refractivity contribution in [3.05, 3.63) is 65.0 Å². The first-order chi connectivity index (χ1) is 9.51. The highest BCUT2D eigenvalue weighted by atomic mass is 19.1. The Morgan fingerprint density at radius 2 is 1.80 bits per heavy atom. The summed E-state index contributed by atoms with van der Waals surface area (Å²) in [5, 5.41) is 11.7. The van der Waals surface area contributed by atoms with Crippen molar-refractivity contribution in [1.82, 2.24) is 0 Å². The van der Waals surface area contributed by atoms with Crippen LogP contribution in [-0.2, 0) is 0 Å². The van der Waals surface area contributed by atoms with Crippen molar-refractivity contribution in [2.24, 2.45) is 0 Å². The van der Waals surface area contributed by atoms with E-state index in [1.54, 1.807) is 13.0 Å². The highest BCUT2D eigenvalue weighted by Gasteiger charge is 2.12. The second-order valence-electron chi connectivity index (χ2n) is 4.34. The van der Waals surface area contributed by atoms with Crippen LogP contribution in [0.3, 0.4) is 0 Å². The summed E-state index contributed by atoms with van der Waals surface area (Å²) in [5.41, 5.74) is 0.676. The Bertz CT molecular complexity index is 677. The second-order valence-corrected chi connectivity index (χ2v) is 4.34. The molecular weight excluding hydrogens is 265 g/mol. The van der Waals surface area contributed by atoms with E-state index < -0.39 is 23.5 Å². The van der Waals surface area contributed by atoms with Crippen molar-refractivity contribution in [3.8, 4) is 6.07 Å². The molecule has 20 heavy (non-hydrogen) atoms. The highest BCUT2D eigenvalue weighted by Crippen LogP contribution is 2.23. The van der Waals surface area contributed by atoms with Crippen LogP contribution in [0.2, 0.25) is 0 Å². The van der Waals surface area contributed by atoms with Crippen LogP contribution < -0.4 is 5.32 Å². The summed E-state index contributed by atoms with van der Waals surface area (Å²) >= 11 is 0. The summed E-state index contributed by atoms with van der Waals surface area (Å²) in [7, 11) is 0. The van der Waals surface area contributed by atoms with Crippen LogP contribution >= 0.6 is 0 Å². The van der Waals surface area contributed by atoms with Crippen molar-refractivity contribution in [2.75, 3.05) is 5.32 Å². The Morgan fingerprint density at radius 3 is 2.45 bits per heavy atom. The molecule has 0 fully saturated rings. The molecule has 2 aromatic rings. The molecular formula is C15H11F3N2. The quantitative estimate of drug-likeness (QED) is 0.914. The minimum absolute atomic E-state index is 0.0956. The lowest BCUT2D eigenvalue weighted by Gasteiger charge is -2.16. The number of halogens is 3. The van der Waals surface area contributed by atoms with E-state index in [2.05, 4.69) is 5.32 Å². The van der Waals surface area contributed by atoms with Gasteiger partial charge in [-0.2, -0.15) is 5.26 Å². The number of hydrogen-bond acceptors (Lipinski definition) is 2. The molecule has 0 heterocycles. The van der Waals surface area contributed by atoms with Crippen molar-refractivity contribution in [3.63, 3.8) is 0 Å². The first-order valence-electron chi connectivity index (χ1n) is 5.92. The number of nitriles is 1. The van der Waals surface area contributed by atoms with Crippen LogP contribution in [0.1, 0.15) is 24.1 Å². The maximum absolute atomic E-state index is 13.6. The Hall–Kier alpha value is -2.48. The third-order valence-electron chi connectivity index (χ3n) is 2.90. The molecule has 0 aliphatic rings. The maximum Gasteiger partial charge on any atom is 0.141 e. The topological polar surface area (TPSA) is 35.8 Å². The van der Waals surface area contributed by atoms with Gasteiger partial charge in [-0.25, -0.2) is 13.2 Å². The van der Waals surface area contributed by atoms with Gasteiger partial charge >= 0.3 is 0 Å². The maximum atomic E-state index is 13.6. The Labute approximate surface area is 114 Å². The summed E-state index contributed by atoms with van der Waals surface area (Å²) in [6.07, 6.45) is 0. The minimum atomic E-state index is -0.660. The van der Waals surface area contributed by atoms with Crippen LogP contribution in [0, 0.1) is 28.8 Å². The average Bonchev–Trinajstić information content (AvgIpc) is 2.40. The van der Waals surface area contributed by atoms with Gasteiger partial charge in [-0.3, -0.25) is 0 Å². The van der Waals surface area contributed by atoms with Gasteiger partial charge in [0.05, 0.1) is 11.6 Å². The molecule has 0 spiro atoms. The van der Waals surface area contributed by atoms with Crippen LogP contribution in [-0.4, -0.2) is 0 Å². The van der Waals surface area contributed by atoms with E-state index >= 15 is 0 Å². The molecule has 0 aliphatic carbocycles. The summed E-state index contributed by atoms with van der Waals surface area (Å²) < 4.78 is 39.7. The third-order valence-corrected chi connectivity index (χ3v) is 2.90. The van der Waals surface area contributed by atoms with Gasteiger partial charge in [0, 0.05) is 17.3 Å². The largest absolute Gasteiger partial charge is 0.378 e. The Morgan fingerprint density at radius 1 is 1.05 bits per heavy atom. The van der Waals surface area contributed by atoms with E-state index in [0.717, 1.165) is 12.1 Å². The molecule has 0 saturated heterocycles. The van der Waals surface area contributed by atoms with E-state index in [-0.39, 0.29) is 11.1 Å². The normalized spacial score (nSPS) is 11.8. The number of hydrogen-bond donors (Lipinski definition) is 1. The standard InChI is InChI=1S/C15H11F3N2/c1-9(13-4-2-11(16)7-15(13)18)20-12-3-5-14(17)10(6-12)8-19/h2-7,9,20H,1H3. The lowest BCUT2D eigenvalue weighted by Crippen LogP contribution is -2.09. The summed E-state index contributed by atoms with van der Waals surface area (Å²) in [6, 6.07) is 8.55. The van der Waals surface area contributed by atoms with Gasteiger partial charge < -0.3 is 5.32 Å². The fraction of sp³-hybridized carbons (Fsp3) is 0.133. The molecule has 2 rings (SSSR count). The molecule has 2 aromatic carbocycles. The van der Waals surface area contributed by atoms with E-state index in [1.165, 1.54) is 24.3 Å². The molecule has 1 unspecified atom stereocenters. The van der Waals surface area contributed by atoms with Crippen molar-refractivity contribution < 1.29 is 13.2 Å². The second kappa shape index (κ2) is 5.66. The SMILES string of the molecule is CC(Nc1ccc(F)c(C#N)c1)c1ccc(F)cc1F. The average molecular weight is 276 g/mol. The van der Waals surface area contributed by atoms with Crippen molar-refractivity contribution >= 4 is 5.69 Å². The van der Waals surface area contributed by atoms with E-state index in [4.69, 9.17) is 5.26 Å². The number of rotatable bonds is 3. The molecule has 0 saturated carbocycles. The molecule has 2 nitrogen and oxygen atoms in total. The number of benzene rings is 2. The first-order valence-corrected chi connectivity index (χ1v) is 5.92. The summed E-state index contributed by atoms with van der Waals surface area (Å²) in [5.74, 6) is -1.92. The summed E-state index contributed by atoms with van der Waals surface area (Å²) in [4.78, 5) is 0. The van der Waals surface area contributed by atoms with E-state index in [9.17, 15) is 13.2 Å². The van der Waals surface area contributed by atoms with Crippen molar-refractivity contribution in [2.45, 2.75) is 13.0 Å². The fourth-order valence-electron chi connectivity index (χ4n) is 1.88. The lowest BCUT2D eigenvalue weighted by atomic mass is 10.1. The first kappa shape index (κ1) is 13.9. The van der Waals surface area contributed by atoms with Gasteiger partial charge in [-0.15, -0.1) is 0 Å². The monoisotopic (exact) mass is 276 g/mol. The zero-order valence-corrected chi connectivity index (χ0v) is 10.6. The molecule has 1 N–H and O–H groups in total. The predicted molar refractivity (Wildman–Crippen MR) is 69.5 cm³/mol. The number of nitrogens with one attached hydrogen (secondary N) is 1. The smallest absolute Gasteiger partial charge is 0.141 e. The minimum Gasteiger partial charge on any atom is -0.378 e. The molecule has 0 radical (unpaired) electrons. The number of nitrogens with zero attached hydrogens (tertiary/aromatic N) is 1. The van der Waals surface area contributed by atoms with Crippen LogP contribution in [0.15, 0.2) is 36.4 Å². The van der Waals surface area contributed by atoms with Crippen LogP contribution in [0.4, 0.5) is 18.9 Å². The van der Waals surface area contributed by atoms with Gasteiger partial charge in [0.2, 0.25) is 0 Å². The molecule has 5 heteroatoms. The fourth-order valence-corrected chi connectivity index (χ4v) is 1.88. The van der Waals surface area contributed by atoms with Gasteiger partial charge in [-0.05, 0) is 31.2 Å². The highest BCUT2D eigenvalue weighted by molar-refractivity contribution is 5.51.